The van der Waals surface area contributed by atoms with Crippen molar-refractivity contribution in [2.45, 2.75) is 5.41 Å². The van der Waals surface area contributed by atoms with Crippen molar-refractivity contribution in [3.05, 3.63) is 235 Å². The molecule has 0 saturated heterocycles. The summed E-state index contributed by atoms with van der Waals surface area (Å²) < 4.78 is 6.86. The molecule has 0 bridgehead atoms. The van der Waals surface area contributed by atoms with Gasteiger partial charge in [-0.25, -0.2) is 15.0 Å². The molecule has 0 atom stereocenters. The maximum atomic E-state index is 6.86. The monoisotopic (exact) mass is 765 g/mol. The van der Waals surface area contributed by atoms with Crippen LogP contribution < -0.4 is 0 Å². The first-order valence-corrected chi connectivity index (χ1v) is 20.4. The van der Waals surface area contributed by atoms with Crippen molar-refractivity contribution in [1.29, 1.82) is 0 Å². The van der Waals surface area contributed by atoms with Crippen molar-refractivity contribution < 1.29 is 4.42 Å². The minimum atomic E-state index is -0.490. The van der Waals surface area contributed by atoms with Gasteiger partial charge in [0.2, 0.25) is 0 Å². The van der Waals surface area contributed by atoms with E-state index < -0.39 is 5.41 Å². The highest BCUT2D eigenvalue weighted by atomic mass is 16.3. The molecular formula is C56H35N3O. The summed E-state index contributed by atoms with van der Waals surface area (Å²) in [6.07, 6.45) is 0. The molecule has 11 aromatic rings. The topological polar surface area (TPSA) is 51.8 Å². The molecule has 9 aromatic carbocycles. The van der Waals surface area contributed by atoms with Gasteiger partial charge in [0.05, 0.1) is 5.41 Å². The summed E-state index contributed by atoms with van der Waals surface area (Å²) in [5.41, 5.74) is 13.8. The Morgan fingerprint density at radius 3 is 1.42 bits per heavy atom. The molecule has 0 saturated carbocycles. The quantitative estimate of drug-likeness (QED) is 0.169. The van der Waals surface area contributed by atoms with Crippen LogP contribution in [-0.4, -0.2) is 15.0 Å². The zero-order valence-electron chi connectivity index (χ0n) is 32.5. The van der Waals surface area contributed by atoms with Crippen LogP contribution in [-0.2, 0) is 5.41 Å². The summed E-state index contributed by atoms with van der Waals surface area (Å²) in [7, 11) is 0. The van der Waals surface area contributed by atoms with E-state index in [2.05, 4.69) is 152 Å². The summed E-state index contributed by atoms with van der Waals surface area (Å²) in [5, 5.41) is 4.37. The molecule has 60 heavy (non-hydrogen) atoms. The average molecular weight is 766 g/mol. The number of fused-ring (bicyclic) bond motifs is 7. The molecule has 0 radical (unpaired) electrons. The fourth-order valence-electron chi connectivity index (χ4n) is 9.58. The first-order chi connectivity index (χ1) is 29.7. The van der Waals surface area contributed by atoms with E-state index in [1.807, 2.05) is 60.7 Å². The predicted octanol–water partition coefficient (Wildman–Crippen LogP) is 14.0. The third-order valence-corrected chi connectivity index (χ3v) is 12.2. The van der Waals surface area contributed by atoms with Crippen LogP contribution in [0.4, 0.5) is 0 Å². The van der Waals surface area contributed by atoms with Gasteiger partial charge >= 0.3 is 0 Å². The minimum absolute atomic E-state index is 0.490. The van der Waals surface area contributed by atoms with Gasteiger partial charge in [0.15, 0.2) is 17.5 Å². The number of benzene rings is 9. The van der Waals surface area contributed by atoms with Gasteiger partial charge < -0.3 is 4.42 Å². The third kappa shape index (κ3) is 5.21. The van der Waals surface area contributed by atoms with Gasteiger partial charge in [-0.05, 0) is 73.5 Å². The normalized spacial score (nSPS) is 12.8. The molecule has 0 N–H and O–H groups in total. The lowest BCUT2D eigenvalue weighted by molar-refractivity contribution is 0.666. The van der Waals surface area contributed by atoms with Gasteiger partial charge in [-0.15, -0.1) is 0 Å². The molecule has 12 rings (SSSR count). The second kappa shape index (κ2) is 13.6. The summed E-state index contributed by atoms with van der Waals surface area (Å²) in [4.78, 5) is 15.1. The van der Waals surface area contributed by atoms with Crippen LogP contribution in [0.3, 0.4) is 0 Å². The van der Waals surface area contributed by atoms with Crippen LogP contribution in [0.25, 0.3) is 89.1 Å². The van der Waals surface area contributed by atoms with Crippen LogP contribution >= 0.6 is 0 Å². The van der Waals surface area contributed by atoms with Gasteiger partial charge in [0, 0.05) is 27.5 Å². The van der Waals surface area contributed by atoms with E-state index in [1.165, 1.54) is 33.4 Å². The zero-order valence-corrected chi connectivity index (χ0v) is 32.5. The Labute approximate surface area is 347 Å². The van der Waals surface area contributed by atoms with Crippen LogP contribution in [0.15, 0.2) is 217 Å². The average Bonchev–Trinajstić information content (AvgIpc) is 3.85. The molecule has 2 heterocycles. The maximum absolute atomic E-state index is 6.86. The number of rotatable bonds is 6. The first kappa shape index (κ1) is 34.1. The van der Waals surface area contributed by atoms with E-state index in [1.54, 1.807) is 0 Å². The number of nitrogens with zero attached hydrogens (tertiary/aromatic N) is 3. The molecule has 1 aliphatic carbocycles. The number of furan rings is 1. The van der Waals surface area contributed by atoms with Gasteiger partial charge in [0.1, 0.15) is 11.2 Å². The smallest absolute Gasteiger partial charge is 0.164 e. The molecular weight excluding hydrogens is 731 g/mol. The molecule has 2 aromatic heterocycles. The lowest BCUT2D eigenvalue weighted by Gasteiger charge is -2.33. The van der Waals surface area contributed by atoms with Gasteiger partial charge in [-0.3, -0.25) is 0 Å². The molecule has 0 spiro atoms. The molecule has 0 fully saturated rings. The molecule has 0 aliphatic heterocycles. The van der Waals surface area contributed by atoms with Crippen molar-refractivity contribution in [2.75, 3.05) is 0 Å². The highest BCUT2D eigenvalue weighted by Gasteiger charge is 2.46. The Hall–Kier alpha value is -7.95. The fraction of sp³-hybridized carbons (Fsp3) is 0.0179. The van der Waals surface area contributed by atoms with E-state index in [-0.39, 0.29) is 0 Å². The Kier molecular flexibility index (Phi) is 7.72. The Morgan fingerprint density at radius 1 is 0.300 bits per heavy atom. The number of hydrogen-bond donors (Lipinski definition) is 0. The highest BCUT2D eigenvalue weighted by molar-refractivity contribution is 6.09. The van der Waals surface area contributed by atoms with Crippen molar-refractivity contribution in [3.63, 3.8) is 0 Å². The van der Waals surface area contributed by atoms with Crippen LogP contribution in [0.1, 0.15) is 22.3 Å². The summed E-state index contributed by atoms with van der Waals surface area (Å²) >= 11 is 0. The number of aromatic nitrogens is 3. The molecule has 0 unspecified atom stereocenters. The zero-order chi connectivity index (χ0) is 39.6. The standard InChI is InChI=1S/C56H35N3O/c1-4-16-36(17-5-1)53-57-54(37-18-6-2-7-19-37)59-55(58-53)48-27-15-25-42-41(24-14-26-43(42)48)38-30-32-46-47-33-31-40(35-52(47)60-51(46)34-38)56(39-20-8-3-9-21-39)49-28-12-10-22-44(49)45-23-11-13-29-50(45)56/h1-35H. The summed E-state index contributed by atoms with van der Waals surface area (Å²) in [5.74, 6) is 1.92. The molecule has 280 valence electrons. The highest BCUT2D eigenvalue weighted by Crippen LogP contribution is 2.56. The van der Waals surface area contributed by atoms with Gasteiger partial charge in [-0.2, -0.15) is 0 Å². The predicted molar refractivity (Wildman–Crippen MR) is 244 cm³/mol. The summed E-state index contributed by atoms with van der Waals surface area (Å²) in [6.45, 7) is 0. The van der Waals surface area contributed by atoms with E-state index >= 15 is 0 Å². The lowest BCUT2D eigenvalue weighted by Crippen LogP contribution is -2.28. The SMILES string of the molecule is c1ccc(-c2nc(-c3ccccc3)nc(-c3cccc4c(-c5ccc6c(c5)oc5cc(C7(c8ccccc8)c8ccccc8-c8ccccc87)ccc56)cccc34)n2)cc1. The van der Waals surface area contributed by atoms with Crippen molar-refractivity contribution in [1.82, 2.24) is 15.0 Å². The van der Waals surface area contributed by atoms with Crippen molar-refractivity contribution in [2.24, 2.45) is 0 Å². The van der Waals surface area contributed by atoms with E-state index in [0.717, 1.165) is 60.5 Å². The van der Waals surface area contributed by atoms with E-state index in [9.17, 15) is 0 Å². The van der Waals surface area contributed by atoms with Crippen LogP contribution in [0.2, 0.25) is 0 Å². The lowest BCUT2D eigenvalue weighted by atomic mass is 9.67. The Balaban J connectivity index is 0.995. The first-order valence-electron chi connectivity index (χ1n) is 20.4. The van der Waals surface area contributed by atoms with Gasteiger partial charge in [-0.1, -0.05) is 194 Å². The van der Waals surface area contributed by atoms with Crippen molar-refractivity contribution in [3.8, 4) is 56.4 Å². The molecule has 1 aliphatic rings. The minimum Gasteiger partial charge on any atom is -0.456 e. The second-order valence-electron chi connectivity index (χ2n) is 15.5. The summed E-state index contributed by atoms with van der Waals surface area (Å²) in [6, 6.07) is 75.1. The van der Waals surface area contributed by atoms with Crippen LogP contribution in [0.5, 0.6) is 0 Å². The fourth-order valence-corrected chi connectivity index (χ4v) is 9.58. The van der Waals surface area contributed by atoms with Gasteiger partial charge in [0.25, 0.3) is 0 Å². The second-order valence-corrected chi connectivity index (χ2v) is 15.5. The largest absolute Gasteiger partial charge is 0.456 e. The third-order valence-electron chi connectivity index (χ3n) is 12.2. The molecule has 4 nitrogen and oxygen atoms in total. The van der Waals surface area contributed by atoms with Crippen molar-refractivity contribution >= 4 is 32.7 Å². The maximum Gasteiger partial charge on any atom is 0.164 e. The Morgan fingerprint density at radius 2 is 0.783 bits per heavy atom. The Bertz CT molecular complexity index is 3330. The molecule has 4 heteroatoms. The molecule has 0 amide bonds. The van der Waals surface area contributed by atoms with Crippen LogP contribution in [0, 0.1) is 0 Å². The number of hydrogen-bond acceptors (Lipinski definition) is 4. The van der Waals surface area contributed by atoms with E-state index in [4.69, 9.17) is 19.4 Å². The van der Waals surface area contributed by atoms with E-state index in [0.29, 0.717) is 17.5 Å².